The Bertz CT molecular complexity index is 1040. The van der Waals surface area contributed by atoms with E-state index in [9.17, 15) is 14.7 Å². The quantitative estimate of drug-likeness (QED) is 0.603. The summed E-state index contributed by atoms with van der Waals surface area (Å²) in [5.74, 6) is -2.14. The fraction of sp³-hybridized carbons (Fsp3) is 0.261. The van der Waals surface area contributed by atoms with Gasteiger partial charge in [0.05, 0.1) is 22.1 Å². The summed E-state index contributed by atoms with van der Waals surface area (Å²) in [7, 11) is 0. The van der Waals surface area contributed by atoms with Crippen molar-refractivity contribution in [2.24, 2.45) is 11.8 Å². The van der Waals surface area contributed by atoms with Crippen LogP contribution in [0.2, 0.25) is 0 Å². The van der Waals surface area contributed by atoms with E-state index < -0.39 is 17.8 Å². The first-order valence-electron chi connectivity index (χ1n) is 9.77. The van der Waals surface area contributed by atoms with Crippen molar-refractivity contribution in [2.45, 2.75) is 25.7 Å². The van der Waals surface area contributed by atoms with Gasteiger partial charge in [-0.25, -0.2) is 4.98 Å². The van der Waals surface area contributed by atoms with Crippen molar-refractivity contribution in [3.05, 3.63) is 59.1 Å². The highest BCUT2D eigenvalue weighted by molar-refractivity contribution is 7.19. The van der Waals surface area contributed by atoms with Crippen LogP contribution in [0.15, 0.2) is 48.5 Å². The molecule has 1 aliphatic carbocycles. The molecule has 0 bridgehead atoms. The number of carboxylic acid groups (broad SMARTS) is 1. The fourth-order valence-corrected chi connectivity index (χ4v) is 4.69. The number of benzene rings is 2. The predicted octanol–water partition coefficient (Wildman–Crippen LogP) is 5.30. The SMILES string of the molecule is O=C(O)[C@H]1CCCC[C@H]1C(=O)Nc1cccc(C=Cc2nc3ccccc3s2)c1. The summed E-state index contributed by atoms with van der Waals surface area (Å²) in [5, 5.41) is 13.2. The Hall–Kier alpha value is -2.99. The van der Waals surface area contributed by atoms with E-state index in [-0.39, 0.29) is 5.91 Å². The molecule has 29 heavy (non-hydrogen) atoms. The van der Waals surface area contributed by atoms with Gasteiger partial charge in [-0.05, 0) is 48.7 Å². The van der Waals surface area contributed by atoms with Crippen LogP contribution >= 0.6 is 11.3 Å². The summed E-state index contributed by atoms with van der Waals surface area (Å²) in [6, 6.07) is 15.6. The van der Waals surface area contributed by atoms with Crippen molar-refractivity contribution >= 4 is 51.3 Å². The van der Waals surface area contributed by atoms with Gasteiger partial charge in [0.2, 0.25) is 5.91 Å². The molecule has 2 atom stereocenters. The van der Waals surface area contributed by atoms with Crippen molar-refractivity contribution in [1.82, 2.24) is 4.98 Å². The van der Waals surface area contributed by atoms with Crippen LogP contribution in [0.5, 0.6) is 0 Å². The smallest absolute Gasteiger partial charge is 0.307 e. The Kier molecular flexibility index (Phi) is 5.71. The van der Waals surface area contributed by atoms with Gasteiger partial charge in [0.1, 0.15) is 5.01 Å². The van der Waals surface area contributed by atoms with E-state index >= 15 is 0 Å². The number of thiazole rings is 1. The highest BCUT2D eigenvalue weighted by atomic mass is 32.1. The molecule has 3 aromatic rings. The maximum absolute atomic E-state index is 12.7. The Morgan fingerprint density at radius 3 is 2.62 bits per heavy atom. The Morgan fingerprint density at radius 1 is 1.03 bits per heavy atom. The minimum atomic E-state index is -0.877. The van der Waals surface area contributed by atoms with E-state index in [1.54, 1.807) is 11.3 Å². The van der Waals surface area contributed by atoms with Crippen molar-refractivity contribution < 1.29 is 14.7 Å². The van der Waals surface area contributed by atoms with Crippen LogP contribution in [-0.4, -0.2) is 22.0 Å². The zero-order valence-corrected chi connectivity index (χ0v) is 16.7. The molecule has 1 fully saturated rings. The molecule has 1 aromatic heterocycles. The average Bonchev–Trinajstić information content (AvgIpc) is 3.15. The van der Waals surface area contributed by atoms with Gasteiger partial charge in [-0.15, -0.1) is 11.3 Å². The van der Waals surface area contributed by atoms with Crippen molar-refractivity contribution in [3.8, 4) is 0 Å². The number of anilines is 1. The molecule has 0 aliphatic heterocycles. The van der Waals surface area contributed by atoms with Gasteiger partial charge in [0.15, 0.2) is 0 Å². The summed E-state index contributed by atoms with van der Waals surface area (Å²) in [6.45, 7) is 0. The van der Waals surface area contributed by atoms with Gasteiger partial charge < -0.3 is 10.4 Å². The van der Waals surface area contributed by atoms with E-state index in [1.807, 2.05) is 54.6 Å². The number of fused-ring (bicyclic) bond motifs is 1. The lowest BCUT2D eigenvalue weighted by molar-refractivity contribution is -0.147. The topological polar surface area (TPSA) is 79.3 Å². The third-order valence-electron chi connectivity index (χ3n) is 5.30. The van der Waals surface area contributed by atoms with Crippen LogP contribution in [-0.2, 0) is 9.59 Å². The maximum Gasteiger partial charge on any atom is 0.307 e. The van der Waals surface area contributed by atoms with E-state index in [0.717, 1.165) is 33.6 Å². The van der Waals surface area contributed by atoms with Crippen LogP contribution in [0.3, 0.4) is 0 Å². The summed E-state index contributed by atoms with van der Waals surface area (Å²) in [4.78, 5) is 28.7. The van der Waals surface area contributed by atoms with Gasteiger partial charge in [-0.1, -0.05) is 43.2 Å². The number of rotatable bonds is 5. The number of carbonyl (C=O) groups excluding carboxylic acids is 1. The summed E-state index contributed by atoms with van der Waals surface area (Å²) in [6.07, 6.45) is 6.89. The number of carboxylic acids is 1. The minimum absolute atomic E-state index is 0.204. The van der Waals surface area contributed by atoms with Gasteiger partial charge in [-0.2, -0.15) is 0 Å². The molecule has 5 nitrogen and oxygen atoms in total. The molecule has 6 heteroatoms. The van der Waals surface area contributed by atoms with Crippen LogP contribution < -0.4 is 5.32 Å². The second-order valence-corrected chi connectivity index (χ2v) is 8.37. The van der Waals surface area contributed by atoms with E-state index in [4.69, 9.17) is 0 Å². The number of para-hydroxylation sites is 1. The predicted molar refractivity (Wildman–Crippen MR) is 117 cm³/mol. The van der Waals surface area contributed by atoms with Gasteiger partial charge in [0.25, 0.3) is 0 Å². The number of aliphatic carboxylic acids is 1. The number of carbonyl (C=O) groups is 2. The summed E-state index contributed by atoms with van der Waals surface area (Å²) < 4.78 is 1.15. The minimum Gasteiger partial charge on any atom is -0.481 e. The molecule has 1 amide bonds. The van der Waals surface area contributed by atoms with E-state index in [0.29, 0.717) is 18.5 Å². The number of hydrogen-bond acceptors (Lipinski definition) is 4. The van der Waals surface area contributed by atoms with E-state index in [1.165, 1.54) is 0 Å². The molecule has 0 radical (unpaired) electrons. The lowest BCUT2D eigenvalue weighted by Crippen LogP contribution is -2.36. The van der Waals surface area contributed by atoms with Crippen molar-refractivity contribution in [2.75, 3.05) is 5.32 Å². The maximum atomic E-state index is 12.7. The standard InChI is InChI=1S/C23H22N2O3S/c26-22(17-8-1-2-9-18(17)23(27)28)24-16-7-5-6-15(14-16)12-13-21-25-19-10-3-4-11-20(19)29-21/h3-7,10-14,17-18H,1-2,8-9H2,(H,24,26)(H,27,28)/t17-,18+/m1/s1. The van der Waals surface area contributed by atoms with Crippen LogP contribution in [0, 0.1) is 11.8 Å². The molecule has 1 aliphatic rings. The fourth-order valence-electron chi connectivity index (χ4n) is 3.82. The first-order chi connectivity index (χ1) is 14.1. The number of nitrogens with one attached hydrogen (secondary N) is 1. The highest BCUT2D eigenvalue weighted by Gasteiger charge is 2.35. The highest BCUT2D eigenvalue weighted by Crippen LogP contribution is 2.31. The Morgan fingerprint density at radius 2 is 1.83 bits per heavy atom. The second-order valence-electron chi connectivity index (χ2n) is 7.30. The van der Waals surface area contributed by atoms with Gasteiger partial charge in [0, 0.05) is 5.69 Å². The van der Waals surface area contributed by atoms with Gasteiger partial charge in [-0.3, -0.25) is 9.59 Å². The third-order valence-corrected chi connectivity index (χ3v) is 6.30. The van der Waals surface area contributed by atoms with Crippen molar-refractivity contribution in [3.63, 3.8) is 0 Å². The third kappa shape index (κ3) is 4.54. The van der Waals surface area contributed by atoms with Crippen LogP contribution in [0.1, 0.15) is 36.3 Å². The zero-order valence-electron chi connectivity index (χ0n) is 15.9. The largest absolute Gasteiger partial charge is 0.481 e. The second kappa shape index (κ2) is 8.57. The molecule has 0 unspecified atom stereocenters. The van der Waals surface area contributed by atoms with Crippen molar-refractivity contribution in [1.29, 1.82) is 0 Å². The summed E-state index contributed by atoms with van der Waals surface area (Å²) >= 11 is 1.63. The molecule has 148 valence electrons. The molecule has 2 N–H and O–H groups in total. The Labute approximate surface area is 173 Å². The molecule has 0 saturated heterocycles. The molecule has 0 spiro atoms. The number of aromatic nitrogens is 1. The van der Waals surface area contributed by atoms with Crippen LogP contribution in [0.25, 0.3) is 22.4 Å². The summed E-state index contributed by atoms with van der Waals surface area (Å²) in [5.41, 5.74) is 2.61. The first kappa shape index (κ1) is 19.3. The Balaban J connectivity index is 1.46. The lowest BCUT2D eigenvalue weighted by atomic mass is 9.78. The normalized spacial score (nSPS) is 19.4. The number of nitrogens with zero attached hydrogens (tertiary/aromatic N) is 1. The lowest BCUT2D eigenvalue weighted by Gasteiger charge is -2.27. The molecular formula is C23H22N2O3S. The molecule has 2 aromatic carbocycles. The van der Waals surface area contributed by atoms with Crippen LogP contribution in [0.4, 0.5) is 5.69 Å². The first-order valence-corrected chi connectivity index (χ1v) is 10.6. The van der Waals surface area contributed by atoms with Gasteiger partial charge >= 0.3 is 5.97 Å². The molecule has 1 heterocycles. The average molecular weight is 407 g/mol. The molecular weight excluding hydrogens is 384 g/mol. The number of amides is 1. The zero-order chi connectivity index (χ0) is 20.2. The molecule has 4 rings (SSSR count). The molecule has 1 saturated carbocycles. The monoisotopic (exact) mass is 406 g/mol. The number of hydrogen-bond donors (Lipinski definition) is 2. The van der Waals surface area contributed by atoms with E-state index in [2.05, 4.69) is 16.4 Å².